The summed E-state index contributed by atoms with van der Waals surface area (Å²) in [6.45, 7) is 8.47. The average molecular weight is 496 g/mol. The molecule has 6 nitrogen and oxygen atoms in total. The van der Waals surface area contributed by atoms with Crippen molar-refractivity contribution in [3.05, 3.63) is 0 Å². The molecule has 0 saturated carbocycles. The van der Waals surface area contributed by atoms with E-state index in [1.165, 1.54) is 57.8 Å². The van der Waals surface area contributed by atoms with Crippen molar-refractivity contribution in [3.63, 3.8) is 0 Å². The highest BCUT2D eigenvalue weighted by molar-refractivity contribution is 5.79. The van der Waals surface area contributed by atoms with E-state index in [0.717, 1.165) is 38.5 Å². The van der Waals surface area contributed by atoms with Gasteiger partial charge < -0.3 is 14.8 Å². The summed E-state index contributed by atoms with van der Waals surface area (Å²) in [5.41, 5.74) is 0. The molecule has 1 N–H and O–H groups in total. The number of carbonyl (C=O) groups excluding carboxylic acids is 3. The van der Waals surface area contributed by atoms with E-state index in [1.807, 2.05) is 13.8 Å². The Balaban J connectivity index is 2.60. The predicted octanol–water partition coefficient (Wildman–Crippen LogP) is 6.88. The number of carbonyl (C=O) groups is 3. The number of amides is 1. The number of nitrogens with one attached hydrogen (secondary N) is 1. The Morgan fingerprint density at radius 3 is 2.06 bits per heavy atom. The number of cyclic esters (lactones) is 1. The van der Waals surface area contributed by atoms with Crippen molar-refractivity contribution in [2.75, 3.05) is 0 Å². The summed E-state index contributed by atoms with van der Waals surface area (Å²) >= 11 is 0. The zero-order valence-electron chi connectivity index (χ0n) is 23.0. The first-order valence-electron chi connectivity index (χ1n) is 14.5. The predicted molar refractivity (Wildman–Crippen MR) is 141 cm³/mol. The molecule has 1 aliphatic rings. The second kappa shape index (κ2) is 19.6. The fourth-order valence-electron chi connectivity index (χ4n) is 4.90. The van der Waals surface area contributed by atoms with E-state index in [2.05, 4.69) is 19.2 Å². The lowest BCUT2D eigenvalue weighted by Crippen LogP contribution is -2.48. The van der Waals surface area contributed by atoms with Crippen LogP contribution < -0.4 is 5.32 Å². The van der Waals surface area contributed by atoms with Crippen LogP contribution >= 0.6 is 0 Å². The summed E-state index contributed by atoms with van der Waals surface area (Å²) < 4.78 is 11.4. The van der Waals surface area contributed by atoms with Crippen molar-refractivity contribution >= 4 is 18.3 Å². The fourth-order valence-corrected chi connectivity index (χ4v) is 4.90. The van der Waals surface area contributed by atoms with Gasteiger partial charge in [-0.3, -0.25) is 9.59 Å². The van der Waals surface area contributed by atoms with Gasteiger partial charge in [0, 0.05) is 6.42 Å². The molecule has 6 heteroatoms. The summed E-state index contributed by atoms with van der Waals surface area (Å²) in [5, 5.41) is 2.62. The first-order valence-corrected chi connectivity index (χ1v) is 14.5. The van der Waals surface area contributed by atoms with Crippen LogP contribution in [0.4, 0.5) is 0 Å². The maximum atomic E-state index is 12.9. The van der Waals surface area contributed by atoms with E-state index in [-0.39, 0.29) is 36.0 Å². The highest BCUT2D eigenvalue weighted by Crippen LogP contribution is 2.33. The van der Waals surface area contributed by atoms with Crippen molar-refractivity contribution in [1.82, 2.24) is 5.32 Å². The largest absolute Gasteiger partial charge is 0.461 e. The molecule has 1 saturated heterocycles. The number of esters is 2. The normalized spacial score (nSPS) is 19.1. The van der Waals surface area contributed by atoms with Crippen molar-refractivity contribution in [3.8, 4) is 0 Å². The van der Waals surface area contributed by atoms with E-state index in [9.17, 15) is 14.4 Å². The fraction of sp³-hybridized carbons (Fsp3) is 0.897. The lowest BCUT2D eigenvalue weighted by molar-refractivity contribution is -0.190. The third kappa shape index (κ3) is 13.9. The molecule has 1 fully saturated rings. The minimum atomic E-state index is -0.632. The topological polar surface area (TPSA) is 81.7 Å². The summed E-state index contributed by atoms with van der Waals surface area (Å²) in [6, 6.07) is -0.632. The van der Waals surface area contributed by atoms with Gasteiger partial charge in [0.05, 0.1) is 5.92 Å². The molecule has 1 aliphatic heterocycles. The number of ether oxygens (including phenoxy) is 2. The second-order valence-electron chi connectivity index (χ2n) is 10.8. The number of hydrogen-bond donors (Lipinski definition) is 1. The third-order valence-electron chi connectivity index (χ3n) is 7.06. The molecule has 0 aromatic carbocycles. The number of unbranched alkanes of at least 4 members (excludes halogenated alkanes) is 11. The molecular weight excluding hydrogens is 442 g/mol. The standard InChI is InChI=1S/C29H53NO5/c1-5-7-9-11-13-14-16-18-24(34-29(33)26(30-22-31)20-23(3)4)21-27-25(28(32)35-27)19-17-15-12-10-8-6-2/h22-27H,5-21H2,1-4H3,(H,30,31)/t24?,25-,26?,27-/m0/s1. The van der Waals surface area contributed by atoms with E-state index in [4.69, 9.17) is 9.47 Å². The molecule has 0 aromatic heterocycles. The first-order chi connectivity index (χ1) is 16.9. The molecule has 2 unspecified atom stereocenters. The smallest absolute Gasteiger partial charge is 0.328 e. The van der Waals surface area contributed by atoms with Crippen LogP contribution in [0, 0.1) is 11.8 Å². The molecule has 4 atom stereocenters. The van der Waals surface area contributed by atoms with E-state index in [0.29, 0.717) is 19.3 Å². The Morgan fingerprint density at radius 2 is 1.51 bits per heavy atom. The molecule has 1 rings (SSSR count). The minimum Gasteiger partial charge on any atom is -0.461 e. The number of rotatable bonds is 23. The van der Waals surface area contributed by atoms with Crippen LogP contribution in [0.15, 0.2) is 0 Å². The molecule has 1 amide bonds. The highest BCUT2D eigenvalue weighted by Gasteiger charge is 2.43. The van der Waals surface area contributed by atoms with Gasteiger partial charge in [0.25, 0.3) is 0 Å². The molecule has 204 valence electrons. The molecule has 0 spiro atoms. The summed E-state index contributed by atoms with van der Waals surface area (Å²) in [4.78, 5) is 36.0. The van der Waals surface area contributed by atoms with Gasteiger partial charge in [-0.1, -0.05) is 105 Å². The van der Waals surface area contributed by atoms with Crippen LogP contribution in [0.1, 0.15) is 137 Å². The monoisotopic (exact) mass is 495 g/mol. The average Bonchev–Trinajstić information content (AvgIpc) is 2.81. The van der Waals surface area contributed by atoms with Gasteiger partial charge in [-0.05, 0) is 31.6 Å². The van der Waals surface area contributed by atoms with E-state index in [1.54, 1.807) is 0 Å². The molecular formula is C29H53NO5. The van der Waals surface area contributed by atoms with Crippen LogP contribution in [0.25, 0.3) is 0 Å². The van der Waals surface area contributed by atoms with Crippen LogP contribution in [0.2, 0.25) is 0 Å². The van der Waals surface area contributed by atoms with Crippen molar-refractivity contribution in [2.45, 2.75) is 155 Å². The molecule has 0 radical (unpaired) electrons. The van der Waals surface area contributed by atoms with Gasteiger partial charge in [-0.25, -0.2) is 4.79 Å². The zero-order valence-corrected chi connectivity index (χ0v) is 23.0. The van der Waals surface area contributed by atoms with Gasteiger partial charge in [0.2, 0.25) is 6.41 Å². The second-order valence-corrected chi connectivity index (χ2v) is 10.8. The van der Waals surface area contributed by atoms with Crippen LogP contribution in [-0.4, -0.2) is 36.6 Å². The van der Waals surface area contributed by atoms with Crippen LogP contribution in [-0.2, 0) is 23.9 Å². The van der Waals surface area contributed by atoms with Gasteiger partial charge in [-0.2, -0.15) is 0 Å². The Labute approximate surface area is 214 Å². The summed E-state index contributed by atoms with van der Waals surface area (Å²) in [7, 11) is 0. The Morgan fingerprint density at radius 1 is 0.943 bits per heavy atom. The Bertz CT molecular complexity index is 579. The SMILES string of the molecule is CCCCCCCCCC(C[C@@H]1OC(=O)[C@H]1CCCCCCCC)OC(=O)C(CC(C)C)NC=O. The van der Waals surface area contributed by atoms with Crippen LogP contribution in [0.5, 0.6) is 0 Å². The van der Waals surface area contributed by atoms with Gasteiger partial charge in [0.15, 0.2) is 0 Å². The summed E-state index contributed by atoms with van der Waals surface area (Å²) in [5.74, 6) is -0.298. The highest BCUT2D eigenvalue weighted by atomic mass is 16.6. The first kappa shape index (κ1) is 31.4. The lowest BCUT2D eigenvalue weighted by Gasteiger charge is -2.37. The van der Waals surface area contributed by atoms with Gasteiger partial charge in [-0.15, -0.1) is 0 Å². The number of hydrogen-bond acceptors (Lipinski definition) is 5. The summed E-state index contributed by atoms with van der Waals surface area (Å²) in [6.07, 6.45) is 18.4. The Kier molecular flexibility index (Phi) is 17.6. The molecule has 1 heterocycles. The lowest BCUT2D eigenvalue weighted by atomic mass is 9.86. The third-order valence-corrected chi connectivity index (χ3v) is 7.06. The molecule has 0 aliphatic carbocycles. The maximum Gasteiger partial charge on any atom is 0.328 e. The van der Waals surface area contributed by atoms with Crippen molar-refractivity contribution in [1.29, 1.82) is 0 Å². The maximum absolute atomic E-state index is 12.9. The van der Waals surface area contributed by atoms with E-state index < -0.39 is 6.04 Å². The molecule has 0 aromatic rings. The zero-order chi connectivity index (χ0) is 25.9. The van der Waals surface area contributed by atoms with Crippen molar-refractivity contribution in [2.24, 2.45) is 11.8 Å². The molecule has 35 heavy (non-hydrogen) atoms. The van der Waals surface area contributed by atoms with Gasteiger partial charge >= 0.3 is 11.9 Å². The van der Waals surface area contributed by atoms with Crippen molar-refractivity contribution < 1.29 is 23.9 Å². The Hall–Kier alpha value is -1.59. The quantitative estimate of drug-likeness (QED) is 0.0949. The molecule has 0 bridgehead atoms. The van der Waals surface area contributed by atoms with Crippen LogP contribution in [0.3, 0.4) is 0 Å². The minimum absolute atomic E-state index is 0.0732. The van der Waals surface area contributed by atoms with E-state index >= 15 is 0 Å². The van der Waals surface area contributed by atoms with Gasteiger partial charge in [0.1, 0.15) is 18.2 Å².